The van der Waals surface area contributed by atoms with Crippen molar-refractivity contribution in [2.75, 3.05) is 13.2 Å². The average molecular weight is 505 g/mol. The maximum Gasteiger partial charge on any atom is 0.344 e. The fourth-order valence-corrected chi connectivity index (χ4v) is 3.99. The number of carbonyl (C=O) groups excluding carboxylic acids is 1. The minimum absolute atomic E-state index is 0.0167. The molecule has 34 heavy (non-hydrogen) atoms. The molecular weight excluding hydrogens is 479 g/mol. The minimum Gasteiger partial charge on any atom is -0.486 e. The molecule has 1 atom stereocenters. The normalized spacial score (nSPS) is 15.9. The molecule has 3 rings (SSSR count). The van der Waals surface area contributed by atoms with Crippen LogP contribution in [0.25, 0.3) is 0 Å². The van der Waals surface area contributed by atoms with Gasteiger partial charge in [0.25, 0.3) is 0 Å². The van der Waals surface area contributed by atoms with Gasteiger partial charge in [0.1, 0.15) is 6.61 Å². The lowest BCUT2D eigenvalue weighted by molar-refractivity contribution is 0.0481. The van der Waals surface area contributed by atoms with Gasteiger partial charge in [0.15, 0.2) is 25.9 Å². The summed E-state index contributed by atoms with van der Waals surface area (Å²) in [5.74, 6) is -13.8. The van der Waals surface area contributed by atoms with Crippen LogP contribution >= 0.6 is 0 Å². The summed E-state index contributed by atoms with van der Waals surface area (Å²) in [7, 11) is -2.06. The predicted molar refractivity (Wildman–Crippen MR) is 115 cm³/mol. The van der Waals surface area contributed by atoms with Crippen molar-refractivity contribution < 1.29 is 45.4 Å². The van der Waals surface area contributed by atoms with E-state index in [4.69, 9.17) is 13.9 Å². The second kappa shape index (κ2) is 9.18. The summed E-state index contributed by atoms with van der Waals surface area (Å²) in [4.78, 5) is 12.6. The van der Waals surface area contributed by atoms with Crippen molar-refractivity contribution in [3.63, 3.8) is 0 Å². The lowest BCUT2D eigenvalue weighted by atomic mass is 10.1. The van der Waals surface area contributed by atoms with Gasteiger partial charge in [-0.3, -0.25) is 0 Å². The van der Waals surface area contributed by atoms with E-state index in [2.05, 4.69) is 38.6 Å². The monoisotopic (exact) mass is 504 g/mol. The molecule has 0 aliphatic carbocycles. The molecule has 186 valence electrons. The molecule has 1 aliphatic rings. The van der Waals surface area contributed by atoms with E-state index in [1.54, 1.807) is 0 Å². The zero-order valence-electron chi connectivity index (χ0n) is 19.6. The first-order chi connectivity index (χ1) is 15.7. The van der Waals surface area contributed by atoms with Crippen LogP contribution in [0.4, 0.5) is 22.0 Å². The van der Waals surface area contributed by atoms with E-state index in [0.717, 1.165) is 0 Å². The number of carbonyl (C=O) groups is 1. The van der Waals surface area contributed by atoms with Crippen molar-refractivity contribution in [1.29, 1.82) is 0 Å². The first-order valence-corrected chi connectivity index (χ1v) is 13.4. The second-order valence-corrected chi connectivity index (χ2v) is 14.3. The van der Waals surface area contributed by atoms with Gasteiger partial charge in [0, 0.05) is 5.56 Å². The fraction of sp³-hybridized carbons (Fsp3) is 0.435. The summed E-state index contributed by atoms with van der Waals surface area (Å²) in [6.45, 7) is 12.4. The van der Waals surface area contributed by atoms with E-state index >= 15 is 0 Å². The molecule has 0 bridgehead atoms. The summed E-state index contributed by atoms with van der Waals surface area (Å²) in [5, 5.41) is -0.0167. The smallest absolute Gasteiger partial charge is 0.344 e. The number of hydrogen-bond acceptors (Lipinski definition) is 5. The number of halogens is 5. The number of rotatable bonds is 5. The second-order valence-electron chi connectivity index (χ2n) is 9.48. The molecule has 0 aromatic heterocycles. The van der Waals surface area contributed by atoms with Crippen LogP contribution in [-0.2, 0) is 4.43 Å². The maximum absolute atomic E-state index is 13.9. The third-order valence-corrected chi connectivity index (χ3v) is 10.6. The zero-order valence-corrected chi connectivity index (χ0v) is 20.6. The highest BCUT2D eigenvalue weighted by Crippen LogP contribution is 2.40. The Labute approximate surface area is 194 Å². The largest absolute Gasteiger partial charge is 0.486 e. The summed E-state index contributed by atoms with van der Waals surface area (Å²) >= 11 is 0. The number of hydrogen-bond donors (Lipinski definition) is 0. The van der Waals surface area contributed by atoms with Crippen LogP contribution in [0.3, 0.4) is 0 Å². The predicted octanol–water partition coefficient (Wildman–Crippen LogP) is 6.07. The van der Waals surface area contributed by atoms with Crippen molar-refractivity contribution in [3.8, 4) is 17.2 Å². The van der Waals surface area contributed by atoms with Crippen LogP contribution < -0.4 is 14.2 Å². The molecule has 2 aromatic rings. The Hall–Kier alpha value is -2.66. The van der Waals surface area contributed by atoms with E-state index in [0.29, 0.717) is 5.75 Å². The quantitative estimate of drug-likeness (QED) is 0.124. The Bertz CT molecular complexity index is 1100. The van der Waals surface area contributed by atoms with E-state index in [1.165, 1.54) is 19.1 Å². The van der Waals surface area contributed by atoms with Crippen molar-refractivity contribution in [2.45, 2.75) is 51.9 Å². The molecule has 0 saturated carbocycles. The SMILES string of the molecule is Cc1c(C(=O)Oc2c(F)c(F)c(F)c(F)c2F)ccc2c1O[C@@H](CO[Si](C)(C)C(C)(C)C)CO2. The molecule has 2 aromatic carbocycles. The van der Waals surface area contributed by atoms with E-state index in [-0.39, 0.29) is 35.1 Å². The van der Waals surface area contributed by atoms with Gasteiger partial charge >= 0.3 is 5.97 Å². The first-order valence-electron chi connectivity index (χ1n) is 10.5. The van der Waals surface area contributed by atoms with Crippen molar-refractivity contribution in [3.05, 3.63) is 52.3 Å². The average Bonchev–Trinajstić information content (AvgIpc) is 2.77. The Morgan fingerprint density at radius 2 is 1.59 bits per heavy atom. The fourth-order valence-electron chi connectivity index (χ4n) is 2.95. The van der Waals surface area contributed by atoms with Gasteiger partial charge in [-0.2, -0.15) is 8.78 Å². The van der Waals surface area contributed by atoms with Gasteiger partial charge in [-0.1, -0.05) is 20.8 Å². The molecule has 11 heteroatoms. The lowest BCUT2D eigenvalue weighted by Crippen LogP contribution is -2.45. The van der Waals surface area contributed by atoms with Crippen molar-refractivity contribution in [1.82, 2.24) is 0 Å². The summed E-state index contributed by atoms with van der Waals surface area (Å²) in [6, 6.07) is 2.64. The summed E-state index contributed by atoms with van der Waals surface area (Å²) in [6.07, 6.45) is -0.484. The van der Waals surface area contributed by atoms with Crippen LogP contribution in [-0.4, -0.2) is 33.6 Å². The van der Waals surface area contributed by atoms with Gasteiger partial charge in [-0.15, -0.1) is 0 Å². The van der Waals surface area contributed by atoms with Crippen LogP contribution in [0.1, 0.15) is 36.7 Å². The minimum atomic E-state index is -2.35. The molecule has 0 spiro atoms. The standard InChI is InChI=1S/C23H25F5O5Si/c1-11-13(22(29)33-21-18(27)16(25)15(24)17(26)19(21)28)7-8-14-20(11)32-12(9-30-14)10-31-34(5,6)23(2,3)4/h7-8,12H,9-10H2,1-6H3/t12-/m1/s1. The Morgan fingerprint density at radius 1 is 1.03 bits per heavy atom. The molecular formula is C23H25F5O5Si. The Kier molecular flexibility index (Phi) is 7.01. The molecule has 5 nitrogen and oxygen atoms in total. The highest BCUT2D eigenvalue weighted by Gasteiger charge is 2.38. The van der Waals surface area contributed by atoms with Gasteiger partial charge in [-0.25, -0.2) is 18.0 Å². The van der Waals surface area contributed by atoms with Gasteiger partial charge in [0.2, 0.25) is 34.8 Å². The Morgan fingerprint density at radius 3 is 2.15 bits per heavy atom. The van der Waals surface area contributed by atoms with Crippen LogP contribution in [0.15, 0.2) is 12.1 Å². The number of benzene rings is 2. The van der Waals surface area contributed by atoms with Gasteiger partial charge in [0.05, 0.1) is 12.2 Å². The zero-order chi connectivity index (χ0) is 25.6. The van der Waals surface area contributed by atoms with Gasteiger partial charge < -0.3 is 18.6 Å². The van der Waals surface area contributed by atoms with E-state index in [9.17, 15) is 26.7 Å². The Balaban J connectivity index is 1.83. The molecule has 0 N–H and O–H groups in total. The highest BCUT2D eigenvalue weighted by molar-refractivity contribution is 6.74. The molecule has 1 heterocycles. The highest BCUT2D eigenvalue weighted by atomic mass is 28.4. The summed E-state index contributed by atoms with van der Waals surface area (Å²) < 4.78 is 90.3. The van der Waals surface area contributed by atoms with E-state index < -0.39 is 55.2 Å². The van der Waals surface area contributed by atoms with Crippen LogP contribution in [0, 0.1) is 36.0 Å². The first kappa shape index (κ1) is 26.0. The molecule has 0 fully saturated rings. The molecule has 0 saturated heterocycles. The van der Waals surface area contributed by atoms with Crippen molar-refractivity contribution >= 4 is 14.3 Å². The number of ether oxygens (including phenoxy) is 3. The molecule has 0 radical (unpaired) electrons. The maximum atomic E-state index is 13.9. The molecule has 0 amide bonds. The summed E-state index contributed by atoms with van der Waals surface area (Å²) in [5.41, 5.74) is 0.0145. The third-order valence-electron chi connectivity index (χ3n) is 6.10. The molecule has 1 aliphatic heterocycles. The molecule has 0 unspecified atom stereocenters. The third kappa shape index (κ3) is 4.76. The van der Waals surface area contributed by atoms with Gasteiger partial charge in [-0.05, 0) is 37.2 Å². The van der Waals surface area contributed by atoms with Crippen molar-refractivity contribution in [2.24, 2.45) is 0 Å². The van der Waals surface area contributed by atoms with Crippen LogP contribution in [0.5, 0.6) is 17.2 Å². The number of fused-ring (bicyclic) bond motifs is 1. The number of esters is 1. The topological polar surface area (TPSA) is 54.0 Å². The van der Waals surface area contributed by atoms with E-state index in [1.807, 2.05) is 0 Å². The lowest BCUT2D eigenvalue weighted by Gasteiger charge is -2.38. The van der Waals surface area contributed by atoms with Crippen LogP contribution in [0.2, 0.25) is 18.1 Å².